The normalized spacial score (nSPS) is 10.0. The van der Waals surface area contributed by atoms with Gasteiger partial charge in [-0.05, 0) is 46.3 Å². The van der Waals surface area contributed by atoms with Crippen LogP contribution in [-0.4, -0.2) is 18.9 Å². The summed E-state index contributed by atoms with van der Waals surface area (Å²) in [5.74, 6) is -0.239. The largest absolute Gasteiger partial charge is 0.496 e. The fourth-order valence-corrected chi connectivity index (χ4v) is 2.60. The third-order valence-corrected chi connectivity index (χ3v) is 3.95. The van der Waals surface area contributed by atoms with Crippen molar-refractivity contribution in [1.29, 1.82) is 0 Å². The van der Waals surface area contributed by atoms with E-state index >= 15 is 0 Å². The molecule has 0 aliphatic carbocycles. The molecule has 0 heterocycles. The van der Waals surface area contributed by atoms with E-state index < -0.39 is 5.91 Å². The summed E-state index contributed by atoms with van der Waals surface area (Å²) in [6.07, 6.45) is 0.0278. The summed E-state index contributed by atoms with van der Waals surface area (Å²) in [6, 6.07) is 11.9. The smallest absolute Gasteiger partial charge is 0.270 e. The second kappa shape index (κ2) is 7.99. The number of halogens is 2. The van der Waals surface area contributed by atoms with E-state index in [-0.39, 0.29) is 12.3 Å². The molecule has 0 aliphatic rings. The molecule has 0 saturated carbocycles. The molecule has 2 aromatic rings. The van der Waals surface area contributed by atoms with Crippen molar-refractivity contribution < 1.29 is 14.3 Å². The van der Waals surface area contributed by atoms with E-state index in [1.807, 2.05) is 0 Å². The third kappa shape index (κ3) is 4.71. The lowest BCUT2D eigenvalue weighted by molar-refractivity contribution is -0.121. The molecule has 7 heteroatoms. The van der Waals surface area contributed by atoms with Crippen molar-refractivity contribution in [3.8, 4) is 5.75 Å². The number of methoxy groups -OCH3 is 1. The Labute approximate surface area is 147 Å². The van der Waals surface area contributed by atoms with Gasteiger partial charge in [-0.1, -0.05) is 23.7 Å². The van der Waals surface area contributed by atoms with Crippen LogP contribution in [0.1, 0.15) is 15.9 Å². The number of amides is 2. The zero-order chi connectivity index (χ0) is 16.8. The molecule has 0 unspecified atom stereocenters. The van der Waals surface area contributed by atoms with Gasteiger partial charge in [0.25, 0.3) is 5.91 Å². The molecule has 23 heavy (non-hydrogen) atoms. The summed E-state index contributed by atoms with van der Waals surface area (Å²) < 4.78 is 5.82. The highest BCUT2D eigenvalue weighted by molar-refractivity contribution is 9.10. The molecule has 0 radical (unpaired) electrons. The fourth-order valence-electron chi connectivity index (χ4n) is 1.94. The molecule has 2 amide bonds. The first-order valence-corrected chi connectivity index (χ1v) is 7.84. The number of nitrogens with one attached hydrogen (secondary N) is 2. The van der Waals surface area contributed by atoms with Gasteiger partial charge in [-0.15, -0.1) is 0 Å². The molecule has 0 aromatic heterocycles. The minimum absolute atomic E-state index is 0.0278. The summed E-state index contributed by atoms with van der Waals surface area (Å²) in [7, 11) is 1.51. The Morgan fingerprint density at radius 1 is 1.17 bits per heavy atom. The van der Waals surface area contributed by atoms with Crippen LogP contribution in [0.4, 0.5) is 0 Å². The predicted molar refractivity (Wildman–Crippen MR) is 91.5 cm³/mol. The van der Waals surface area contributed by atoms with E-state index in [9.17, 15) is 9.59 Å². The first-order chi connectivity index (χ1) is 11.0. The Bertz CT molecular complexity index is 737. The van der Waals surface area contributed by atoms with Crippen molar-refractivity contribution in [2.45, 2.75) is 6.42 Å². The number of carbonyl (C=O) groups is 2. The Morgan fingerprint density at radius 3 is 2.61 bits per heavy atom. The maximum Gasteiger partial charge on any atom is 0.270 e. The first-order valence-electron chi connectivity index (χ1n) is 6.67. The number of hydrazine groups is 1. The lowest BCUT2D eigenvalue weighted by Gasteiger charge is -2.11. The fraction of sp³-hybridized carbons (Fsp3) is 0.125. The molecule has 2 rings (SSSR count). The molecular formula is C16H14BrClN2O3. The van der Waals surface area contributed by atoms with Crippen LogP contribution in [0.15, 0.2) is 46.9 Å². The minimum atomic E-state index is -0.413. The second-order valence-electron chi connectivity index (χ2n) is 4.62. The van der Waals surface area contributed by atoms with Crippen LogP contribution in [0, 0.1) is 0 Å². The molecule has 2 N–H and O–H groups in total. The van der Waals surface area contributed by atoms with E-state index in [0.29, 0.717) is 26.4 Å². The van der Waals surface area contributed by atoms with Crippen molar-refractivity contribution in [2.75, 3.05) is 7.11 Å². The molecule has 120 valence electrons. The molecule has 0 bridgehead atoms. The van der Waals surface area contributed by atoms with Crippen LogP contribution >= 0.6 is 27.5 Å². The topological polar surface area (TPSA) is 67.4 Å². The van der Waals surface area contributed by atoms with Crippen LogP contribution in [0.25, 0.3) is 0 Å². The highest BCUT2D eigenvalue weighted by Crippen LogP contribution is 2.23. The van der Waals surface area contributed by atoms with Crippen molar-refractivity contribution in [2.24, 2.45) is 0 Å². The number of carbonyl (C=O) groups excluding carboxylic acids is 2. The SMILES string of the molecule is COc1ccc(Cl)cc1CC(=O)NNC(=O)c1ccccc1Br. The highest BCUT2D eigenvalue weighted by atomic mass is 79.9. The Morgan fingerprint density at radius 2 is 1.91 bits per heavy atom. The average molecular weight is 398 g/mol. The molecular weight excluding hydrogens is 384 g/mol. The maximum atomic E-state index is 12.0. The van der Waals surface area contributed by atoms with Gasteiger partial charge in [-0.3, -0.25) is 20.4 Å². The minimum Gasteiger partial charge on any atom is -0.496 e. The van der Waals surface area contributed by atoms with Crippen molar-refractivity contribution in [1.82, 2.24) is 10.9 Å². The van der Waals surface area contributed by atoms with Crippen LogP contribution in [0.5, 0.6) is 5.75 Å². The predicted octanol–water partition coefficient (Wildman–Crippen LogP) is 3.11. The average Bonchev–Trinajstić information content (AvgIpc) is 2.53. The molecule has 0 spiro atoms. The van der Waals surface area contributed by atoms with Crippen molar-refractivity contribution >= 4 is 39.3 Å². The van der Waals surface area contributed by atoms with E-state index in [2.05, 4.69) is 26.8 Å². The quantitative estimate of drug-likeness (QED) is 0.779. The van der Waals surface area contributed by atoms with E-state index in [0.717, 1.165) is 0 Å². The van der Waals surface area contributed by atoms with Gasteiger partial charge in [0.1, 0.15) is 5.75 Å². The first kappa shape index (κ1) is 17.3. The molecule has 0 atom stereocenters. The highest BCUT2D eigenvalue weighted by Gasteiger charge is 2.12. The van der Waals surface area contributed by atoms with Gasteiger partial charge in [-0.2, -0.15) is 0 Å². The van der Waals surface area contributed by atoms with E-state index in [4.69, 9.17) is 16.3 Å². The van der Waals surface area contributed by atoms with Crippen LogP contribution in [-0.2, 0) is 11.2 Å². The number of hydrogen-bond donors (Lipinski definition) is 2. The number of benzene rings is 2. The monoisotopic (exact) mass is 396 g/mol. The Hall–Kier alpha value is -2.05. The van der Waals surface area contributed by atoms with Crippen molar-refractivity contribution in [3.05, 3.63) is 63.1 Å². The summed E-state index contributed by atoms with van der Waals surface area (Å²) in [4.78, 5) is 24.0. The van der Waals surface area contributed by atoms with Gasteiger partial charge in [0, 0.05) is 15.1 Å². The summed E-state index contributed by atoms with van der Waals surface area (Å²) in [6.45, 7) is 0. The van der Waals surface area contributed by atoms with Crippen LogP contribution in [0.3, 0.4) is 0 Å². The number of ether oxygens (including phenoxy) is 1. The Kier molecular flexibility index (Phi) is 6.01. The molecule has 5 nitrogen and oxygen atoms in total. The van der Waals surface area contributed by atoms with Gasteiger partial charge in [0.05, 0.1) is 19.1 Å². The van der Waals surface area contributed by atoms with Gasteiger partial charge < -0.3 is 4.74 Å². The molecule has 0 fully saturated rings. The lowest BCUT2D eigenvalue weighted by atomic mass is 10.1. The standard InChI is InChI=1S/C16H14BrClN2O3/c1-23-14-7-6-11(18)8-10(14)9-15(21)19-20-16(22)12-4-2-3-5-13(12)17/h2-8H,9H2,1H3,(H,19,21)(H,20,22). The van der Waals surface area contributed by atoms with Crippen LogP contribution in [0.2, 0.25) is 5.02 Å². The molecule has 2 aromatic carbocycles. The molecule has 0 aliphatic heterocycles. The van der Waals surface area contributed by atoms with Gasteiger partial charge in [0.2, 0.25) is 5.91 Å². The van der Waals surface area contributed by atoms with E-state index in [1.54, 1.807) is 42.5 Å². The van der Waals surface area contributed by atoms with Crippen molar-refractivity contribution in [3.63, 3.8) is 0 Å². The molecule has 0 saturated heterocycles. The zero-order valence-corrected chi connectivity index (χ0v) is 14.6. The summed E-state index contributed by atoms with van der Waals surface area (Å²) in [5.41, 5.74) is 5.80. The Balaban J connectivity index is 1.97. The van der Waals surface area contributed by atoms with Gasteiger partial charge in [0.15, 0.2) is 0 Å². The van der Waals surface area contributed by atoms with Crippen LogP contribution < -0.4 is 15.6 Å². The zero-order valence-electron chi connectivity index (χ0n) is 12.2. The van der Waals surface area contributed by atoms with Gasteiger partial charge in [-0.25, -0.2) is 0 Å². The number of hydrogen-bond acceptors (Lipinski definition) is 3. The second-order valence-corrected chi connectivity index (χ2v) is 5.91. The lowest BCUT2D eigenvalue weighted by Crippen LogP contribution is -2.42. The maximum absolute atomic E-state index is 12.0. The summed E-state index contributed by atoms with van der Waals surface area (Å²) >= 11 is 9.20. The summed E-state index contributed by atoms with van der Waals surface area (Å²) in [5, 5.41) is 0.505. The van der Waals surface area contributed by atoms with Gasteiger partial charge >= 0.3 is 0 Å². The third-order valence-electron chi connectivity index (χ3n) is 3.03. The number of rotatable bonds is 4. The van der Waals surface area contributed by atoms with E-state index in [1.165, 1.54) is 7.11 Å².